The van der Waals surface area contributed by atoms with Crippen LogP contribution in [-0.4, -0.2) is 53.5 Å². The molecule has 2 aromatic heterocycles. The molecule has 0 bridgehead atoms. The highest BCUT2D eigenvalue weighted by Crippen LogP contribution is 2.39. The average Bonchev–Trinajstić information content (AvgIpc) is 3.45. The van der Waals surface area contributed by atoms with E-state index < -0.39 is 0 Å². The molecule has 1 fully saturated rings. The largest absolute Gasteiger partial charge is 0.381 e. The lowest BCUT2D eigenvalue weighted by atomic mass is 9.71. The van der Waals surface area contributed by atoms with Crippen molar-refractivity contribution in [3.05, 3.63) is 92.7 Å². The second-order valence-electron chi connectivity index (χ2n) is 14.2. The molecule has 0 spiro atoms. The Morgan fingerprint density at radius 2 is 1.80 bits per heavy atom. The Hall–Kier alpha value is -3.35. The Morgan fingerprint density at radius 1 is 1.05 bits per heavy atom. The molecule has 3 heterocycles. The third-order valence-corrected chi connectivity index (χ3v) is 10.4. The number of aromatic amines is 1. The van der Waals surface area contributed by atoms with Gasteiger partial charge >= 0.3 is 0 Å². The molecule has 1 aromatic carbocycles. The van der Waals surface area contributed by atoms with E-state index in [1.54, 1.807) is 12.3 Å². The zero-order valence-corrected chi connectivity index (χ0v) is 26.8. The van der Waals surface area contributed by atoms with Gasteiger partial charge < -0.3 is 14.6 Å². The van der Waals surface area contributed by atoms with E-state index in [1.807, 2.05) is 13.2 Å². The number of hydrogen-bond donors (Lipinski definition) is 1. The average molecular weight is 594 g/mol. The number of ketones is 1. The SMILES string of the molecule is COC1CCN(CC[C@@H](CC(=O)C2=Cc3cc4c(nc3C2)CC[C@H](C(C)(C)C)C4)c2ccc(-c3ccc(=O)[nH]c3)cc2)CC1. The highest BCUT2D eigenvalue weighted by Gasteiger charge is 2.31. The van der Waals surface area contributed by atoms with Crippen LogP contribution in [0.15, 0.2) is 59.0 Å². The third kappa shape index (κ3) is 6.97. The molecule has 1 N–H and O–H groups in total. The van der Waals surface area contributed by atoms with Gasteiger partial charge in [-0.05, 0) is 108 Å². The minimum absolute atomic E-state index is 0.105. The first-order valence-electron chi connectivity index (χ1n) is 16.5. The Kier molecular flexibility index (Phi) is 9.02. The molecule has 0 unspecified atom stereocenters. The lowest BCUT2D eigenvalue weighted by Gasteiger charge is -2.34. The second-order valence-corrected chi connectivity index (χ2v) is 14.2. The number of allylic oxidation sites excluding steroid dienone is 1. The molecule has 6 heteroatoms. The molecule has 0 radical (unpaired) electrons. The van der Waals surface area contributed by atoms with Crippen molar-refractivity contribution in [1.29, 1.82) is 0 Å². The number of methoxy groups -OCH3 is 1. The van der Waals surface area contributed by atoms with Crippen LogP contribution in [0, 0.1) is 11.3 Å². The standard InChI is InChI=1S/C38H47N3O3/c1-38(2,3)32-10-11-34-30(21-32)19-29-20-31(22-35(29)40-34)36(42)23-27(13-16-41-17-14-33(44-4)15-18-41)25-5-7-26(8-6-25)28-9-12-37(43)39-24-28/h5-9,12,19-20,24,27,32-33H,10-11,13-18,21-23H2,1-4H3,(H,39,43)/t27-,32-/m0/s1. The summed E-state index contributed by atoms with van der Waals surface area (Å²) in [4.78, 5) is 35.8. The molecule has 2 aliphatic carbocycles. The van der Waals surface area contributed by atoms with Gasteiger partial charge in [0.15, 0.2) is 5.78 Å². The van der Waals surface area contributed by atoms with E-state index in [1.165, 1.54) is 23.2 Å². The predicted molar refractivity (Wildman–Crippen MR) is 177 cm³/mol. The monoisotopic (exact) mass is 593 g/mol. The summed E-state index contributed by atoms with van der Waals surface area (Å²) < 4.78 is 5.58. The Labute approximate surface area is 262 Å². The number of H-pyrrole nitrogens is 1. The van der Waals surface area contributed by atoms with Crippen molar-refractivity contribution in [2.45, 2.75) is 84.2 Å². The number of likely N-dealkylation sites (tertiary alicyclic amines) is 1. The normalized spacial score (nSPS) is 19.7. The molecule has 44 heavy (non-hydrogen) atoms. The van der Waals surface area contributed by atoms with Crippen LogP contribution in [-0.2, 0) is 28.8 Å². The molecule has 0 saturated carbocycles. The van der Waals surface area contributed by atoms with E-state index in [2.05, 4.69) is 67.1 Å². The molecular formula is C38H47N3O3. The number of Topliss-reactive ketones (excluding diaryl/α,β-unsaturated/α-hetero) is 1. The van der Waals surface area contributed by atoms with Crippen LogP contribution < -0.4 is 5.56 Å². The second kappa shape index (κ2) is 12.9. The summed E-state index contributed by atoms with van der Waals surface area (Å²) in [6.07, 6.45) is 11.7. The van der Waals surface area contributed by atoms with Crippen molar-refractivity contribution < 1.29 is 9.53 Å². The summed E-state index contributed by atoms with van der Waals surface area (Å²) in [6.45, 7) is 10.1. The maximum absolute atomic E-state index is 13.9. The van der Waals surface area contributed by atoms with Gasteiger partial charge in [-0.2, -0.15) is 0 Å². The number of nitrogens with zero attached hydrogens (tertiary/aromatic N) is 2. The van der Waals surface area contributed by atoms with Gasteiger partial charge in [0.1, 0.15) is 0 Å². The number of rotatable bonds is 9. The zero-order chi connectivity index (χ0) is 30.8. The first kappa shape index (κ1) is 30.7. The minimum Gasteiger partial charge on any atom is -0.381 e. The third-order valence-electron chi connectivity index (χ3n) is 10.4. The fourth-order valence-corrected chi connectivity index (χ4v) is 7.32. The van der Waals surface area contributed by atoms with E-state index >= 15 is 0 Å². The predicted octanol–water partition coefficient (Wildman–Crippen LogP) is 6.77. The van der Waals surface area contributed by atoms with Crippen molar-refractivity contribution in [3.8, 4) is 11.1 Å². The number of fused-ring (bicyclic) bond motifs is 2. The number of benzene rings is 1. The molecule has 232 valence electrons. The fraction of sp³-hybridized carbons (Fsp3) is 0.500. The van der Waals surface area contributed by atoms with E-state index in [0.29, 0.717) is 30.3 Å². The van der Waals surface area contributed by atoms with Gasteiger partial charge in [-0.1, -0.05) is 45.0 Å². The number of carbonyl (C=O) groups excluding carboxylic acids is 1. The molecule has 6 rings (SSSR count). The van der Waals surface area contributed by atoms with Gasteiger partial charge in [0.25, 0.3) is 0 Å². The van der Waals surface area contributed by atoms with Crippen molar-refractivity contribution in [3.63, 3.8) is 0 Å². The van der Waals surface area contributed by atoms with Crippen LogP contribution in [0.25, 0.3) is 17.2 Å². The summed E-state index contributed by atoms with van der Waals surface area (Å²) in [6, 6.07) is 14.3. The van der Waals surface area contributed by atoms with Crippen molar-refractivity contribution >= 4 is 11.9 Å². The van der Waals surface area contributed by atoms with Gasteiger partial charge in [0.05, 0.1) is 11.8 Å². The first-order valence-corrected chi connectivity index (χ1v) is 16.5. The molecule has 2 atom stereocenters. The molecule has 3 aromatic rings. The maximum Gasteiger partial charge on any atom is 0.247 e. The Morgan fingerprint density at radius 3 is 2.48 bits per heavy atom. The number of ether oxygens (including phenoxy) is 1. The van der Waals surface area contributed by atoms with Crippen LogP contribution in [0.5, 0.6) is 0 Å². The van der Waals surface area contributed by atoms with E-state index in [0.717, 1.165) is 79.7 Å². The Bertz CT molecular complexity index is 1550. The van der Waals surface area contributed by atoms with Crippen LogP contribution in [0.2, 0.25) is 0 Å². The lowest BCUT2D eigenvalue weighted by Crippen LogP contribution is -2.37. The minimum atomic E-state index is -0.105. The quantitative estimate of drug-likeness (QED) is 0.296. The highest BCUT2D eigenvalue weighted by molar-refractivity contribution is 6.02. The van der Waals surface area contributed by atoms with Crippen LogP contribution in [0.1, 0.15) is 86.9 Å². The molecular weight excluding hydrogens is 546 g/mol. The molecule has 0 amide bonds. The number of pyridine rings is 2. The number of carbonyl (C=O) groups is 1. The summed E-state index contributed by atoms with van der Waals surface area (Å²) in [5, 5.41) is 0. The summed E-state index contributed by atoms with van der Waals surface area (Å²) >= 11 is 0. The van der Waals surface area contributed by atoms with E-state index in [9.17, 15) is 9.59 Å². The van der Waals surface area contributed by atoms with Gasteiger partial charge in [0, 0.05) is 56.6 Å². The van der Waals surface area contributed by atoms with Gasteiger partial charge in [-0.25, -0.2) is 0 Å². The lowest BCUT2D eigenvalue weighted by molar-refractivity contribution is -0.116. The van der Waals surface area contributed by atoms with E-state index in [-0.39, 0.29) is 17.3 Å². The van der Waals surface area contributed by atoms with Gasteiger partial charge in [0.2, 0.25) is 5.56 Å². The number of aryl methyl sites for hydroxylation is 1. The highest BCUT2D eigenvalue weighted by atomic mass is 16.5. The molecule has 1 aliphatic heterocycles. The molecule has 1 saturated heterocycles. The van der Waals surface area contributed by atoms with Crippen LogP contribution in [0.3, 0.4) is 0 Å². The number of aromatic nitrogens is 2. The Balaban J connectivity index is 1.18. The van der Waals surface area contributed by atoms with Gasteiger partial charge in [-0.3, -0.25) is 14.6 Å². The molecule has 3 aliphatic rings. The van der Waals surface area contributed by atoms with Crippen molar-refractivity contribution in [2.75, 3.05) is 26.7 Å². The topological polar surface area (TPSA) is 75.3 Å². The van der Waals surface area contributed by atoms with Crippen molar-refractivity contribution in [1.82, 2.24) is 14.9 Å². The zero-order valence-electron chi connectivity index (χ0n) is 26.8. The molecule has 6 nitrogen and oxygen atoms in total. The van der Waals surface area contributed by atoms with Crippen LogP contribution >= 0.6 is 0 Å². The van der Waals surface area contributed by atoms with E-state index in [4.69, 9.17) is 9.72 Å². The number of hydrogen-bond acceptors (Lipinski definition) is 5. The van der Waals surface area contributed by atoms with Crippen LogP contribution in [0.4, 0.5) is 0 Å². The summed E-state index contributed by atoms with van der Waals surface area (Å²) in [7, 11) is 1.81. The summed E-state index contributed by atoms with van der Waals surface area (Å²) in [5.74, 6) is 1.03. The summed E-state index contributed by atoms with van der Waals surface area (Å²) in [5.41, 5.74) is 9.13. The van der Waals surface area contributed by atoms with Crippen molar-refractivity contribution in [2.24, 2.45) is 11.3 Å². The smallest absolute Gasteiger partial charge is 0.247 e. The number of piperidine rings is 1. The fourth-order valence-electron chi connectivity index (χ4n) is 7.32. The van der Waals surface area contributed by atoms with Gasteiger partial charge in [-0.15, -0.1) is 0 Å². The number of nitrogens with one attached hydrogen (secondary N) is 1. The maximum atomic E-state index is 13.9. The first-order chi connectivity index (χ1) is 21.2.